The molecule has 1 N–H and O–H groups in total. The van der Waals surface area contributed by atoms with E-state index >= 15 is 0 Å². The third-order valence-electron chi connectivity index (χ3n) is 2.26. The molecule has 0 amide bonds. The van der Waals surface area contributed by atoms with Gasteiger partial charge in [0.25, 0.3) is 0 Å². The maximum absolute atomic E-state index is 11.0. The molecule has 0 spiro atoms. The van der Waals surface area contributed by atoms with Gasteiger partial charge in [-0.2, -0.15) is 0 Å². The Hall–Kier alpha value is 0.0900. The molecular weight excluding hydrogens is 382 g/mol. The highest BCUT2D eigenvalue weighted by Gasteiger charge is 2.09. The van der Waals surface area contributed by atoms with Crippen molar-refractivity contribution in [1.29, 1.82) is 0 Å². The van der Waals surface area contributed by atoms with Crippen molar-refractivity contribution >= 4 is 42.7 Å². The van der Waals surface area contributed by atoms with Crippen LogP contribution in [-0.4, -0.2) is 29.4 Å². The van der Waals surface area contributed by atoms with E-state index in [0.29, 0.717) is 18.9 Å². The molecule has 0 heterocycles. The highest BCUT2D eigenvalue weighted by molar-refractivity contribution is 9.11. The standard InChI is InChI=1S/C12H17Br2NO2S/c1-3-17-12-9(6-10(13)7-11(12)14)8-15-4-5-18(2)16/h6-7,15H,3-5,8H2,1-2H3. The van der Waals surface area contributed by atoms with Crippen LogP contribution >= 0.6 is 31.9 Å². The van der Waals surface area contributed by atoms with Gasteiger partial charge in [0.1, 0.15) is 5.75 Å². The molecule has 0 bridgehead atoms. The van der Waals surface area contributed by atoms with Crippen molar-refractivity contribution in [2.45, 2.75) is 13.5 Å². The zero-order valence-electron chi connectivity index (χ0n) is 10.5. The summed E-state index contributed by atoms with van der Waals surface area (Å²) in [6.07, 6.45) is 1.71. The first kappa shape index (κ1) is 16.1. The molecular formula is C12H17Br2NO2S. The molecule has 0 aromatic heterocycles. The van der Waals surface area contributed by atoms with Crippen LogP contribution in [0.3, 0.4) is 0 Å². The SMILES string of the molecule is CCOc1c(Br)cc(Br)cc1CNCCS(C)=O. The van der Waals surface area contributed by atoms with Crippen molar-refractivity contribution in [2.75, 3.05) is 25.2 Å². The van der Waals surface area contributed by atoms with E-state index in [0.717, 1.165) is 26.8 Å². The van der Waals surface area contributed by atoms with Crippen molar-refractivity contribution in [2.24, 2.45) is 0 Å². The lowest BCUT2D eigenvalue weighted by Crippen LogP contribution is -2.20. The Morgan fingerprint density at radius 3 is 2.72 bits per heavy atom. The smallest absolute Gasteiger partial charge is 0.138 e. The molecule has 1 rings (SSSR count). The highest BCUT2D eigenvalue weighted by atomic mass is 79.9. The third kappa shape index (κ3) is 5.38. The van der Waals surface area contributed by atoms with Crippen LogP contribution in [0.25, 0.3) is 0 Å². The molecule has 1 aromatic carbocycles. The zero-order valence-corrected chi connectivity index (χ0v) is 14.5. The lowest BCUT2D eigenvalue weighted by molar-refractivity contribution is 0.333. The molecule has 0 radical (unpaired) electrons. The maximum Gasteiger partial charge on any atom is 0.138 e. The van der Waals surface area contributed by atoms with Gasteiger partial charge < -0.3 is 10.1 Å². The number of ether oxygens (including phenoxy) is 1. The van der Waals surface area contributed by atoms with Gasteiger partial charge >= 0.3 is 0 Å². The van der Waals surface area contributed by atoms with E-state index in [2.05, 4.69) is 37.2 Å². The summed E-state index contributed by atoms with van der Waals surface area (Å²) in [7, 11) is -0.753. The Morgan fingerprint density at radius 2 is 2.11 bits per heavy atom. The second-order valence-corrected chi connectivity index (χ2v) is 7.09. The molecule has 0 fully saturated rings. The second kappa shape index (κ2) is 8.30. The fraction of sp³-hybridized carbons (Fsp3) is 0.500. The summed E-state index contributed by atoms with van der Waals surface area (Å²) in [6.45, 7) is 4.03. The minimum absolute atomic E-state index is 0.631. The molecule has 1 unspecified atom stereocenters. The van der Waals surface area contributed by atoms with Crippen LogP contribution in [0.2, 0.25) is 0 Å². The molecule has 18 heavy (non-hydrogen) atoms. The van der Waals surface area contributed by atoms with E-state index in [9.17, 15) is 4.21 Å². The summed E-state index contributed by atoms with van der Waals surface area (Å²) in [5.41, 5.74) is 1.08. The normalized spacial score (nSPS) is 12.4. The average Bonchev–Trinajstić information content (AvgIpc) is 2.28. The van der Waals surface area contributed by atoms with Crippen molar-refractivity contribution < 1.29 is 8.95 Å². The van der Waals surface area contributed by atoms with Gasteiger partial charge in [0.05, 0.1) is 11.1 Å². The van der Waals surface area contributed by atoms with Gasteiger partial charge in [-0.3, -0.25) is 4.21 Å². The third-order valence-corrected chi connectivity index (χ3v) is 4.08. The topological polar surface area (TPSA) is 38.3 Å². The number of hydrogen-bond donors (Lipinski definition) is 1. The number of nitrogens with one attached hydrogen (secondary N) is 1. The van der Waals surface area contributed by atoms with Crippen LogP contribution < -0.4 is 10.1 Å². The number of rotatable bonds is 7. The van der Waals surface area contributed by atoms with Gasteiger partial charge in [0.2, 0.25) is 0 Å². The minimum Gasteiger partial charge on any atom is -0.492 e. The summed E-state index contributed by atoms with van der Waals surface area (Å²) in [6, 6.07) is 4.00. The lowest BCUT2D eigenvalue weighted by Gasteiger charge is -2.13. The Labute approximate surface area is 127 Å². The molecule has 3 nitrogen and oxygen atoms in total. The van der Waals surface area contributed by atoms with Gasteiger partial charge in [-0.05, 0) is 35.0 Å². The lowest BCUT2D eigenvalue weighted by atomic mass is 10.2. The predicted octanol–water partition coefficient (Wildman–Crippen LogP) is 3.08. The quantitative estimate of drug-likeness (QED) is 0.717. The molecule has 0 saturated heterocycles. The van der Waals surface area contributed by atoms with Gasteiger partial charge in [-0.15, -0.1) is 0 Å². The Bertz CT molecular complexity index is 427. The van der Waals surface area contributed by atoms with Crippen LogP contribution in [0, 0.1) is 0 Å². The molecule has 0 aliphatic carbocycles. The molecule has 0 aliphatic heterocycles. The van der Waals surface area contributed by atoms with Crippen molar-refractivity contribution in [3.05, 3.63) is 26.6 Å². The first-order chi connectivity index (χ1) is 8.54. The molecule has 1 aromatic rings. The van der Waals surface area contributed by atoms with E-state index in [1.807, 2.05) is 19.1 Å². The summed E-state index contributed by atoms with van der Waals surface area (Å²) in [5.74, 6) is 1.53. The van der Waals surface area contributed by atoms with Gasteiger partial charge in [0.15, 0.2) is 0 Å². The van der Waals surface area contributed by atoms with Crippen LogP contribution in [0.5, 0.6) is 5.75 Å². The number of halogens is 2. The monoisotopic (exact) mass is 397 g/mol. The molecule has 0 saturated carbocycles. The van der Waals surface area contributed by atoms with E-state index in [-0.39, 0.29) is 0 Å². The highest BCUT2D eigenvalue weighted by Crippen LogP contribution is 2.32. The molecule has 102 valence electrons. The van der Waals surface area contributed by atoms with E-state index in [1.165, 1.54) is 0 Å². The predicted molar refractivity (Wildman–Crippen MR) is 83.7 cm³/mol. The van der Waals surface area contributed by atoms with Crippen LogP contribution in [0.4, 0.5) is 0 Å². The van der Waals surface area contributed by atoms with Gasteiger partial charge in [-0.1, -0.05) is 15.9 Å². The van der Waals surface area contributed by atoms with E-state index in [4.69, 9.17) is 4.74 Å². The van der Waals surface area contributed by atoms with Crippen molar-refractivity contribution in [3.8, 4) is 5.75 Å². The first-order valence-electron chi connectivity index (χ1n) is 5.66. The first-order valence-corrected chi connectivity index (χ1v) is 8.97. The number of benzene rings is 1. The summed E-state index contributed by atoms with van der Waals surface area (Å²) >= 11 is 6.97. The minimum atomic E-state index is -0.753. The molecule has 6 heteroatoms. The van der Waals surface area contributed by atoms with Gasteiger partial charge in [0, 0.05) is 45.9 Å². The van der Waals surface area contributed by atoms with Crippen molar-refractivity contribution in [3.63, 3.8) is 0 Å². The largest absolute Gasteiger partial charge is 0.492 e. The molecule has 1 atom stereocenters. The van der Waals surface area contributed by atoms with E-state index in [1.54, 1.807) is 6.26 Å². The molecule has 0 aliphatic rings. The Morgan fingerprint density at radius 1 is 1.39 bits per heavy atom. The van der Waals surface area contributed by atoms with Crippen molar-refractivity contribution in [1.82, 2.24) is 5.32 Å². The Balaban J connectivity index is 2.70. The van der Waals surface area contributed by atoms with Crippen LogP contribution in [-0.2, 0) is 17.3 Å². The van der Waals surface area contributed by atoms with Crippen LogP contribution in [0.15, 0.2) is 21.1 Å². The summed E-state index contributed by atoms with van der Waals surface area (Å²) < 4.78 is 18.5. The summed E-state index contributed by atoms with van der Waals surface area (Å²) in [4.78, 5) is 0. The fourth-order valence-corrected chi connectivity index (χ4v) is 3.35. The van der Waals surface area contributed by atoms with E-state index < -0.39 is 10.8 Å². The average molecular weight is 399 g/mol. The van der Waals surface area contributed by atoms with Gasteiger partial charge in [-0.25, -0.2) is 0 Å². The fourth-order valence-electron chi connectivity index (χ4n) is 1.49. The maximum atomic E-state index is 11.0. The second-order valence-electron chi connectivity index (χ2n) is 3.76. The van der Waals surface area contributed by atoms with Crippen LogP contribution in [0.1, 0.15) is 12.5 Å². The Kier molecular flexibility index (Phi) is 7.44. The summed E-state index contributed by atoms with van der Waals surface area (Å²) in [5, 5.41) is 3.27. The number of hydrogen-bond acceptors (Lipinski definition) is 3. The zero-order chi connectivity index (χ0) is 13.5.